The monoisotopic (exact) mass is 174 g/mol. The standard InChI is InChI=1S/C10H10N2O/c1-11-13-9-4-5-10-8(7-9)3-2-6-12-10/h2-7,11H,1H3. The molecule has 0 spiro atoms. The van der Waals surface area contributed by atoms with Crippen molar-refractivity contribution >= 4 is 10.9 Å². The number of hydrogen-bond acceptors (Lipinski definition) is 3. The molecule has 13 heavy (non-hydrogen) atoms. The first-order chi connectivity index (χ1) is 6.40. The highest BCUT2D eigenvalue weighted by Gasteiger charge is 1.96. The molecule has 1 N–H and O–H groups in total. The van der Waals surface area contributed by atoms with Crippen LogP contribution in [0.4, 0.5) is 0 Å². The molecule has 0 amide bonds. The van der Waals surface area contributed by atoms with Gasteiger partial charge in [0, 0.05) is 18.6 Å². The highest BCUT2D eigenvalue weighted by atomic mass is 16.6. The van der Waals surface area contributed by atoms with E-state index in [9.17, 15) is 0 Å². The number of benzene rings is 1. The fourth-order valence-electron chi connectivity index (χ4n) is 1.24. The molecule has 0 unspecified atom stereocenters. The predicted octanol–water partition coefficient (Wildman–Crippen LogP) is 1.75. The molecule has 0 aliphatic carbocycles. The summed E-state index contributed by atoms with van der Waals surface area (Å²) < 4.78 is 0. The fraction of sp³-hybridized carbons (Fsp3) is 0.100. The summed E-state index contributed by atoms with van der Waals surface area (Å²) in [5.41, 5.74) is 3.61. The van der Waals surface area contributed by atoms with E-state index in [1.165, 1.54) is 0 Å². The number of hydrogen-bond donors (Lipinski definition) is 1. The number of aromatic nitrogens is 1. The van der Waals surface area contributed by atoms with Crippen molar-refractivity contribution < 1.29 is 4.84 Å². The summed E-state index contributed by atoms with van der Waals surface area (Å²) in [5.74, 6) is 0.794. The molecular formula is C10H10N2O. The molecule has 1 aromatic carbocycles. The van der Waals surface area contributed by atoms with Gasteiger partial charge in [0.05, 0.1) is 5.52 Å². The second kappa shape index (κ2) is 3.41. The predicted molar refractivity (Wildman–Crippen MR) is 51.4 cm³/mol. The molecule has 0 saturated carbocycles. The summed E-state index contributed by atoms with van der Waals surface area (Å²) in [6.45, 7) is 0. The Morgan fingerprint density at radius 3 is 3.08 bits per heavy atom. The van der Waals surface area contributed by atoms with Crippen LogP contribution in [0.3, 0.4) is 0 Å². The van der Waals surface area contributed by atoms with E-state index in [-0.39, 0.29) is 0 Å². The third kappa shape index (κ3) is 1.60. The van der Waals surface area contributed by atoms with E-state index in [1.54, 1.807) is 13.2 Å². The van der Waals surface area contributed by atoms with E-state index in [0.717, 1.165) is 16.7 Å². The number of pyridine rings is 1. The van der Waals surface area contributed by atoms with Crippen molar-refractivity contribution in [1.29, 1.82) is 0 Å². The van der Waals surface area contributed by atoms with E-state index >= 15 is 0 Å². The molecule has 3 heteroatoms. The number of hydroxylamine groups is 1. The van der Waals surface area contributed by atoms with Gasteiger partial charge in [-0.3, -0.25) is 4.98 Å². The third-order valence-electron chi connectivity index (χ3n) is 1.79. The SMILES string of the molecule is CNOc1ccc2ncccc2c1. The van der Waals surface area contributed by atoms with E-state index in [4.69, 9.17) is 4.84 Å². The van der Waals surface area contributed by atoms with Gasteiger partial charge in [0.2, 0.25) is 0 Å². The maximum Gasteiger partial charge on any atom is 0.147 e. The molecule has 0 atom stereocenters. The summed E-state index contributed by atoms with van der Waals surface area (Å²) in [5, 5.41) is 1.08. The van der Waals surface area contributed by atoms with Crippen molar-refractivity contribution in [1.82, 2.24) is 10.5 Å². The average Bonchev–Trinajstić information content (AvgIpc) is 2.18. The molecule has 1 heterocycles. The van der Waals surface area contributed by atoms with Crippen LogP contribution >= 0.6 is 0 Å². The van der Waals surface area contributed by atoms with Gasteiger partial charge in [-0.15, -0.1) is 0 Å². The molecular weight excluding hydrogens is 164 g/mol. The highest BCUT2D eigenvalue weighted by molar-refractivity contribution is 5.79. The second-order valence-corrected chi connectivity index (χ2v) is 2.66. The highest BCUT2D eigenvalue weighted by Crippen LogP contribution is 2.17. The van der Waals surface area contributed by atoms with Crippen LogP contribution in [0.15, 0.2) is 36.5 Å². The van der Waals surface area contributed by atoms with Gasteiger partial charge in [-0.05, 0) is 24.3 Å². The molecule has 2 aromatic rings. The van der Waals surface area contributed by atoms with Crippen molar-refractivity contribution in [2.75, 3.05) is 7.05 Å². The summed E-state index contributed by atoms with van der Waals surface area (Å²) >= 11 is 0. The maximum atomic E-state index is 5.14. The minimum Gasteiger partial charge on any atom is -0.409 e. The Bertz CT molecular complexity index is 414. The van der Waals surface area contributed by atoms with Crippen molar-refractivity contribution in [2.24, 2.45) is 0 Å². The number of rotatable bonds is 2. The van der Waals surface area contributed by atoms with Gasteiger partial charge in [0.15, 0.2) is 0 Å². The minimum atomic E-state index is 0.794. The molecule has 0 fully saturated rings. The molecule has 66 valence electrons. The van der Waals surface area contributed by atoms with Crippen LogP contribution in [0.2, 0.25) is 0 Å². The molecule has 0 bridgehead atoms. The number of nitrogens with zero attached hydrogens (tertiary/aromatic N) is 1. The topological polar surface area (TPSA) is 34.1 Å². The second-order valence-electron chi connectivity index (χ2n) is 2.66. The van der Waals surface area contributed by atoms with Crippen molar-refractivity contribution in [2.45, 2.75) is 0 Å². The van der Waals surface area contributed by atoms with Crippen LogP contribution in [0.25, 0.3) is 10.9 Å². The summed E-state index contributed by atoms with van der Waals surface area (Å²) in [4.78, 5) is 9.34. The Labute approximate surface area is 76.3 Å². The Hall–Kier alpha value is -1.61. The molecule has 2 rings (SSSR count). The molecule has 0 aliphatic rings. The maximum absolute atomic E-state index is 5.14. The first-order valence-electron chi connectivity index (χ1n) is 4.08. The Balaban J connectivity index is 2.49. The third-order valence-corrected chi connectivity index (χ3v) is 1.79. The van der Waals surface area contributed by atoms with Gasteiger partial charge in [-0.1, -0.05) is 6.07 Å². The lowest BCUT2D eigenvalue weighted by molar-refractivity contribution is 0.224. The Morgan fingerprint density at radius 2 is 2.23 bits per heavy atom. The van der Waals surface area contributed by atoms with Gasteiger partial charge < -0.3 is 4.84 Å². The smallest absolute Gasteiger partial charge is 0.147 e. The minimum absolute atomic E-state index is 0.794. The van der Waals surface area contributed by atoms with Gasteiger partial charge >= 0.3 is 0 Å². The fourth-order valence-corrected chi connectivity index (χ4v) is 1.24. The zero-order valence-corrected chi connectivity index (χ0v) is 7.32. The summed E-state index contributed by atoms with van der Waals surface area (Å²) in [6, 6.07) is 9.67. The largest absolute Gasteiger partial charge is 0.409 e. The van der Waals surface area contributed by atoms with Gasteiger partial charge in [-0.25, -0.2) is 0 Å². The van der Waals surface area contributed by atoms with Gasteiger partial charge in [0.1, 0.15) is 5.75 Å². The van der Waals surface area contributed by atoms with Gasteiger partial charge in [-0.2, -0.15) is 5.48 Å². The zero-order valence-electron chi connectivity index (χ0n) is 7.32. The first kappa shape index (κ1) is 8.01. The molecule has 0 saturated heterocycles. The molecule has 0 aliphatic heterocycles. The van der Waals surface area contributed by atoms with E-state index < -0.39 is 0 Å². The lowest BCUT2D eigenvalue weighted by Crippen LogP contribution is -2.10. The lowest BCUT2D eigenvalue weighted by Gasteiger charge is -2.03. The summed E-state index contributed by atoms with van der Waals surface area (Å²) in [7, 11) is 1.73. The Morgan fingerprint density at radius 1 is 1.31 bits per heavy atom. The van der Waals surface area contributed by atoms with Crippen molar-refractivity contribution in [3.63, 3.8) is 0 Å². The zero-order chi connectivity index (χ0) is 9.10. The van der Waals surface area contributed by atoms with Crippen LogP contribution in [0.1, 0.15) is 0 Å². The number of nitrogens with one attached hydrogen (secondary N) is 1. The van der Waals surface area contributed by atoms with Crippen molar-refractivity contribution in [3.05, 3.63) is 36.5 Å². The number of fused-ring (bicyclic) bond motifs is 1. The van der Waals surface area contributed by atoms with Crippen LogP contribution in [0.5, 0.6) is 5.75 Å². The van der Waals surface area contributed by atoms with E-state index in [1.807, 2.05) is 30.3 Å². The van der Waals surface area contributed by atoms with Crippen LogP contribution in [-0.2, 0) is 0 Å². The average molecular weight is 174 g/mol. The lowest BCUT2D eigenvalue weighted by atomic mass is 10.2. The van der Waals surface area contributed by atoms with Crippen LogP contribution in [-0.4, -0.2) is 12.0 Å². The molecule has 3 nitrogen and oxygen atoms in total. The summed E-state index contributed by atoms with van der Waals surface area (Å²) in [6.07, 6.45) is 1.78. The molecule has 1 aromatic heterocycles. The van der Waals surface area contributed by atoms with Crippen molar-refractivity contribution in [3.8, 4) is 5.75 Å². The van der Waals surface area contributed by atoms with E-state index in [0.29, 0.717) is 0 Å². The quantitative estimate of drug-likeness (QED) is 0.704. The van der Waals surface area contributed by atoms with Gasteiger partial charge in [0.25, 0.3) is 0 Å². The van der Waals surface area contributed by atoms with Crippen LogP contribution < -0.4 is 10.3 Å². The molecule has 0 radical (unpaired) electrons. The van der Waals surface area contributed by atoms with E-state index in [2.05, 4.69) is 10.5 Å². The Kier molecular flexibility index (Phi) is 2.10. The first-order valence-corrected chi connectivity index (χ1v) is 4.08. The van der Waals surface area contributed by atoms with Crippen LogP contribution in [0, 0.1) is 0 Å². The normalized spacial score (nSPS) is 10.2.